The van der Waals surface area contributed by atoms with Crippen molar-refractivity contribution in [2.24, 2.45) is 11.3 Å². The van der Waals surface area contributed by atoms with Crippen LogP contribution in [0.25, 0.3) is 0 Å². The van der Waals surface area contributed by atoms with E-state index in [0.717, 1.165) is 12.8 Å². The van der Waals surface area contributed by atoms with Crippen LogP contribution in [0.4, 0.5) is 4.79 Å². The fourth-order valence-electron chi connectivity index (χ4n) is 2.68. The minimum atomic E-state index is -1.02. The molecule has 1 aliphatic heterocycles. The number of hydrogen-bond acceptors (Lipinski definition) is 3. The number of ether oxygens (including phenoxy) is 1. The van der Waals surface area contributed by atoms with E-state index in [1.807, 2.05) is 0 Å². The molecule has 1 rings (SSSR count). The van der Waals surface area contributed by atoms with Crippen LogP contribution in [0.3, 0.4) is 0 Å². The molecule has 0 aromatic rings. The highest BCUT2D eigenvalue weighted by Gasteiger charge is 2.31. The highest BCUT2D eigenvalue weighted by Crippen LogP contribution is 2.34. The van der Waals surface area contributed by atoms with Crippen LogP contribution in [0.5, 0.6) is 0 Å². The van der Waals surface area contributed by atoms with Gasteiger partial charge in [-0.3, -0.25) is 0 Å². The van der Waals surface area contributed by atoms with Crippen molar-refractivity contribution in [3.05, 3.63) is 0 Å². The van der Waals surface area contributed by atoms with Gasteiger partial charge in [-0.25, -0.2) is 9.59 Å². The zero-order valence-electron chi connectivity index (χ0n) is 13.5. The van der Waals surface area contributed by atoms with Gasteiger partial charge in [-0.2, -0.15) is 0 Å². The summed E-state index contributed by atoms with van der Waals surface area (Å²) in [4.78, 5) is 25.0. The number of carbonyl (C=O) groups is 2. The van der Waals surface area contributed by atoms with E-state index in [4.69, 9.17) is 9.84 Å². The van der Waals surface area contributed by atoms with Gasteiger partial charge in [-0.15, -0.1) is 0 Å². The molecule has 0 saturated carbocycles. The number of aliphatic carboxylic acids is 1. The second-order valence-corrected chi connectivity index (χ2v) is 6.75. The van der Waals surface area contributed by atoms with Crippen molar-refractivity contribution in [1.29, 1.82) is 0 Å². The first kappa shape index (κ1) is 17.8. The van der Waals surface area contributed by atoms with Crippen LogP contribution in [0, 0.1) is 11.3 Å². The van der Waals surface area contributed by atoms with E-state index in [2.05, 4.69) is 26.1 Å². The summed E-state index contributed by atoms with van der Waals surface area (Å²) in [6.45, 7) is 8.34. The minimum Gasteiger partial charge on any atom is -0.480 e. The molecule has 21 heavy (non-hydrogen) atoms. The van der Waals surface area contributed by atoms with Crippen LogP contribution in [0.1, 0.15) is 40.0 Å². The molecule has 0 aliphatic carbocycles. The molecule has 0 bridgehead atoms. The normalized spacial score (nSPS) is 18.4. The Hall–Kier alpha value is -1.30. The number of carboxylic acid groups (broad SMARTS) is 1. The third kappa shape index (κ3) is 5.53. The summed E-state index contributed by atoms with van der Waals surface area (Å²) in [5.74, 6) is -0.421. The van der Waals surface area contributed by atoms with E-state index < -0.39 is 12.0 Å². The summed E-state index contributed by atoms with van der Waals surface area (Å²) in [6, 6.07) is -1.18. The summed E-state index contributed by atoms with van der Waals surface area (Å²) < 4.78 is 4.87. The van der Waals surface area contributed by atoms with Crippen molar-refractivity contribution in [3.63, 3.8) is 0 Å². The van der Waals surface area contributed by atoms with Gasteiger partial charge in [0.2, 0.25) is 0 Å². The van der Waals surface area contributed by atoms with Gasteiger partial charge in [0.05, 0.1) is 0 Å². The molecule has 0 aromatic carbocycles. The Kier molecular flexibility index (Phi) is 6.45. The molecule has 0 spiro atoms. The van der Waals surface area contributed by atoms with Crippen LogP contribution in [-0.2, 0) is 9.53 Å². The van der Waals surface area contributed by atoms with Crippen molar-refractivity contribution in [2.45, 2.75) is 46.1 Å². The van der Waals surface area contributed by atoms with Gasteiger partial charge >= 0.3 is 12.0 Å². The van der Waals surface area contributed by atoms with E-state index in [0.29, 0.717) is 25.6 Å². The van der Waals surface area contributed by atoms with E-state index in [9.17, 15) is 9.59 Å². The van der Waals surface area contributed by atoms with E-state index in [1.165, 1.54) is 7.11 Å². The lowest BCUT2D eigenvalue weighted by molar-refractivity contribution is -0.139. The second kappa shape index (κ2) is 7.64. The lowest BCUT2D eigenvalue weighted by Crippen LogP contribution is -2.51. The van der Waals surface area contributed by atoms with Crippen molar-refractivity contribution < 1.29 is 19.4 Å². The zero-order chi connectivity index (χ0) is 16.0. The molecular weight excluding hydrogens is 272 g/mol. The van der Waals surface area contributed by atoms with Crippen LogP contribution < -0.4 is 5.32 Å². The topological polar surface area (TPSA) is 78.9 Å². The van der Waals surface area contributed by atoms with Crippen molar-refractivity contribution in [2.75, 3.05) is 26.8 Å². The molecule has 1 unspecified atom stereocenters. The van der Waals surface area contributed by atoms with Crippen LogP contribution in [-0.4, -0.2) is 54.9 Å². The molecule has 6 heteroatoms. The number of likely N-dealkylation sites (tertiary alicyclic amines) is 1. The molecule has 1 aliphatic rings. The summed E-state index contributed by atoms with van der Waals surface area (Å²) >= 11 is 0. The molecule has 1 fully saturated rings. The number of piperidine rings is 1. The van der Waals surface area contributed by atoms with Gasteiger partial charge in [0.1, 0.15) is 6.04 Å². The summed E-state index contributed by atoms with van der Waals surface area (Å²) in [6.07, 6.45) is 2.20. The zero-order valence-corrected chi connectivity index (χ0v) is 13.5. The largest absolute Gasteiger partial charge is 0.480 e. The second-order valence-electron chi connectivity index (χ2n) is 6.75. The SMILES string of the molecule is COCCC(NC(=O)N1CCC(C(C)(C)C)CC1)C(=O)O. The summed E-state index contributed by atoms with van der Waals surface area (Å²) in [5.41, 5.74) is 0.255. The van der Waals surface area contributed by atoms with E-state index in [-0.39, 0.29) is 17.9 Å². The summed E-state index contributed by atoms with van der Waals surface area (Å²) in [7, 11) is 1.51. The van der Waals surface area contributed by atoms with Crippen molar-refractivity contribution >= 4 is 12.0 Å². The quantitative estimate of drug-likeness (QED) is 0.813. The predicted molar refractivity (Wildman–Crippen MR) is 80.2 cm³/mol. The molecule has 2 amide bonds. The van der Waals surface area contributed by atoms with Crippen LogP contribution in [0.2, 0.25) is 0 Å². The number of nitrogens with zero attached hydrogens (tertiary/aromatic N) is 1. The molecule has 0 aromatic heterocycles. The molecule has 1 atom stereocenters. The number of rotatable bonds is 5. The molecule has 122 valence electrons. The maximum Gasteiger partial charge on any atom is 0.326 e. The third-order valence-corrected chi connectivity index (χ3v) is 4.21. The first-order chi connectivity index (χ1) is 9.75. The number of hydrogen-bond donors (Lipinski definition) is 2. The number of carbonyl (C=O) groups excluding carboxylic acids is 1. The fourth-order valence-corrected chi connectivity index (χ4v) is 2.68. The number of methoxy groups -OCH3 is 1. The molecule has 2 N–H and O–H groups in total. The monoisotopic (exact) mass is 300 g/mol. The first-order valence-corrected chi connectivity index (χ1v) is 7.53. The van der Waals surface area contributed by atoms with Gasteiger partial charge in [0, 0.05) is 33.2 Å². The molecule has 1 saturated heterocycles. The predicted octanol–water partition coefficient (Wildman–Crippen LogP) is 1.94. The molecule has 0 radical (unpaired) electrons. The number of carboxylic acids is 1. The van der Waals surface area contributed by atoms with Gasteiger partial charge in [0.25, 0.3) is 0 Å². The van der Waals surface area contributed by atoms with Crippen LogP contribution in [0.15, 0.2) is 0 Å². The molecule has 6 nitrogen and oxygen atoms in total. The van der Waals surface area contributed by atoms with Gasteiger partial charge in [-0.1, -0.05) is 20.8 Å². The molecular formula is C15H28N2O4. The molecule has 1 heterocycles. The van der Waals surface area contributed by atoms with Crippen molar-refractivity contribution in [3.8, 4) is 0 Å². The number of urea groups is 1. The van der Waals surface area contributed by atoms with E-state index >= 15 is 0 Å². The average molecular weight is 300 g/mol. The lowest BCUT2D eigenvalue weighted by atomic mass is 9.75. The van der Waals surface area contributed by atoms with E-state index in [1.54, 1.807) is 4.90 Å². The number of nitrogens with one attached hydrogen (secondary N) is 1. The van der Waals surface area contributed by atoms with Crippen LogP contribution >= 0.6 is 0 Å². The Morgan fingerprint density at radius 3 is 2.33 bits per heavy atom. The highest BCUT2D eigenvalue weighted by molar-refractivity contribution is 5.82. The van der Waals surface area contributed by atoms with Gasteiger partial charge in [-0.05, 0) is 24.2 Å². The summed E-state index contributed by atoms with van der Waals surface area (Å²) in [5, 5.41) is 11.7. The Bertz CT molecular complexity index is 357. The Labute approximate surface area is 126 Å². The number of amides is 2. The van der Waals surface area contributed by atoms with Gasteiger partial charge in [0.15, 0.2) is 0 Å². The highest BCUT2D eigenvalue weighted by atomic mass is 16.5. The van der Waals surface area contributed by atoms with Crippen molar-refractivity contribution in [1.82, 2.24) is 10.2 Å². The third-order valence-electron chi connectivity index (χ3n) is 4.21. The average Bonchev–Trinajstić information content (AvgIpc) is 2.42. The Balaban J connectivity index is 2.47. The van der Waals surface area contributed by atoms with Gasteiger partial charge < -0.3 is 20.1 Å². The smallest absolute Gasteiger partial charge is 0.326 e. The Morgan fingerprint density at radius 2 is 1.90 bits per heavy atom. The standard InChI is InChI=1S/C15H28N2O4/c1-15(2,3)11-5-8-17(9-6-11)14(20)16-12(13(18)19)7-10-21-4/h11-12H,5-10H2,1-4H3,(H,16,20)(H,18,19). The first-order valence-electron chi connectivity index (χ1n) is 7.53. The maximum atomic E-state index is 12.1. The fraction of sp³-hybridized carbons (Fsp3) is 0.867. The Morgan fingerprint density at radius 1 is 1.33 bits per heavy atom. The maximum absolute atomic E-state index is 12.1. The lowest BCUT2D eigenvalue weighted by Gasteiger charge is -2.39. The minimum absolute atomic E-state index is 0.255.